The largest absolute Gasteiger partial charge is 0.415 e. The first-order valence-corrected chi connectivity index (χ1v) is 5.81. The zero-order chi connectivity index (χ0) is 14.6. The summed E-state index contributed by atoms with van der Waals surface area (Å²) in [5, 5.41) is 11.4. The molecule has 0 aliphatic carbocycles. The molecule has 0 rings (SSSR count). The lowest BCUT2D eigenvalue weighted by Crippen LogP contribution is -2.62. The third-order valence-electron chi connectivity index (χ3n) is 3.52. The average Bonchev–Trinajstić information content (AvgIpc) is 2.29. The molecule has 4 nitrogen and oxygen atoms in total. The van der Waals surface area contributed by atoms with Gasteiger partial charge in [0.25, 0.3) is 0 Å². The van der Waals surface area contributed by atoms with Crippen LogP contribution in [0.5, 0.6) is 0 Å². The number of hydrogen-bond donors (Lipinski definition) is 3. The Morgan fingerprint density at radius 2 is 1.72 bits per heavy atom. The minimum Gasteiger partial charge on any atom is -0.396 e. The highest BCUT2D eigenvalue weighted by atomic mass is 19.4. The molecule has 4 N–H and O–H groups in total. The van der Waals surface area contributed by atoms with E-state index in [9.17, 15) is 23.1 Å². The number of halogens is 3. The zero-order valence-corrected chi connectivity index (χ0v) is 10.9. The summed E-state index contributed by atoms with van der Waals surface area (Å²) >= 11 is 0. The van der Waals surface area contributed by atoms with Crippen molar-refractivity contribution in [2.24, 2.45) is 11.1 Å². The molecule has 0 heterocycles. The van der Waals surface area contributed by atoms with Crippen LogP contribution in [0, 0.1) is 5.41 Å². The lowest BCUT2D eigenvalue weighted by Gasteiger charge is -2.32. The molecule has 0 radical (unpaired) electrons. The second-order valence-electron chi connectivity index (χ2n) is 4.75. The van der Waals surface area contributed by atoms with Crippen molar-refractivity contribution in [2.75, 3.05) is 13.2 Å². The van der Waals surface area contributed by atoms with Gasteiger partial charge in [0.05, 0.1) is 6.61 Å². The van der Waals surface area contributed by atoms with Crippen LogP contribution in [-0.2, 0) is 4.79 Å². The van der Waals surface area contributed by atoms with Gasteiger partial charge in [-0.3, -0.25) is 4.79 Å². The number of carbonyl (C=O) groups is 1. The number of amides is 1. The molecule has 0 spiro atoms. The van der Waals surface area contributed by atoms with Crippen molar-refractivity contribution in [1.82, 2.24) is 5.32 Å². The van der Waals surface area contributed by atoms with Gasteiger partial charge in [-0.1, -0.05) is 13.8 Å². The van der Waals surface area contributed by atoms with Crippen molar-refractivity contribution in [2.45, 2.75) is 45.3 Å². The molecule has 0 bridgehead atoms. The normalized spacial score (nSPS) is 16.2. The first-order valence-electron chi connectivity index (χ1n) is 5.81. The Hall–Kier alpha value is -0.820. The summed E-state index contributed by atoms with van der Waals surface area (Å²) in [4.78, 5) is 11.5. The second-order valence-corrected chi connectivity index (χ2v) is 4.75. The monoisotopic (exact) mass is 270 g/mol. The molecule has 0 saturated heterocycles. The highest BCUT2D eigenvalue weighted by molar-refractivity contribution is 5.86. The summed E-state index contributed by atoms with van der Waals surface area (Å²) in [7, 11) is 0. The van der Waals surface area contributed by atoms with E-state index in [2.05, 4.69) is 5.32 Å². The van der Waals surface area contributed by atoms with Crippen molar-refractivity contribution in [3.63, 3.8) is 0 Å². The van der Waals surface area contributed by atoms with Gasteiger partial charge >= 0.3 is 6.18 Å². The van der Waals surface area contributed by atoms with Gasteiger partial charge in [-0.2, -0.15) is 13.2 Å². The van der Waals surface area contributed by atoms with E-state index in [1.807, 2.05) is 0 Å². The van der Waals surface area contributed by atoms with Gasteiger partial charge in [-0.05, 0) is 19.8 Å². The summed E-state index contributed by atoms with van der Waals surface area (Å²) < 4.78 is 37.5. The van der Waals surface area contributed by atoms with Crippen molar-refractivity contribution in [3.05, 3.63) is 0 Å². The molecular weight excluding hydrogens is 249 g/mol. The summed E-state index contributed by atoms with van der Waals surface area (Å²) in [6.45, 7) is 4.00. The highest BCUT2D eigenvalue weighted by Gasteiger charge is 2.54. The zero-order valence-electron chi connectivity index (χ0n) is 10.9. The van der Waals surface area contributed by atoms with Crippen molar-refractivity contribution < 1.29 is 23.1 Å². The molecule has 0 aromatic carbocycles. The molecule has 7 heteroatoms. The minimum atomic E-state index is -4.81. The molecule has 0 fully saturated rings. The molecule has 108 valence electrons. The van der Waals surface area contributed by atoms with Gasteiger partial charge < -0.3 is 16.2 Å². The second kappa shape index (κ2) is 5.88. The number of carbonyl (C=O) groups excluding carboxylic acids is 1. The highest BCUT2D eigenvalue weighted by Crippen LogP contribution is 2.29. The Bertz CT molecular complexity index is 278. The van der Waals surface area contributed by atoms with Gasteiger partial charge in [0.1, 0.15) is 0 Å². The van der Waals surface area contributed by atoms with Crippen LogP contribution in [0.4, 0.5) is 13.2 Å². The van der Waals surface area contributed by atoms with Gasteiger partial charge in [0.15, 0.2) is 5.54 Å². The van der Waals surface area contributed by atoms with Crippen molar-refractivity contribution in [3.8, 4) is 0 Å². The molecule has 1 amide bonds. The molecular formula is C11H21F3N2O2. The number of nitrogens with two attached hydrogens (primary N) is 1. The standard InChI is InChI=1S/C11H21F3N2O2/c1-4-10(5-2,7-17)6-16-8(18)9(3,15)11(12,13)14/h17H,4-7,15H2,1-3H3,(H,16,18). The topological polar surface area (TPSA) is 75.3 Å². The Morgan fingerprint density at radius 3 is 2.00 bits per heavy atom. The van der Waals surface area contributed by atoms with Crippen LogP contribution >= 0.6 is 0 Å². The number of hydrogen-bond acceptors (Lipinski definition) is 3. The lowest BCUT2D eigenvalue weighted by molar-refractivity contribution is -0.187. The summed E-state index contributed by atoms with van der Waals surface area (Å²) in [5.74, 6) is -1.28. The maximum atomic E-state index is 12.5. The van der Waals surface area contributed by atoms with Crippen molar-refractivity contribution >= 4 is 5.91 Å². The molecule has 0 saturated carbocycles. The maximum absolute atomic E-state index is 12.5. The van der Waals surface area contributed by atoms with Gasteiger partial charge in [-0.25, -0.2) is 0 Å². The summed E-state index contributed by atoms with van der Waals surface area (Å²) in [6, 6.07) is 0. The Morgan fingerprint density at radius 1 is 1.28 bits per heavy atom. The van der Waals surface area contributed by atoms with Crippen LogP contribution in [0.3, 0.4) is 0 Å². The van der Waals surface area contributed by atoms with Crippen LogP contribution in [0.25, 0.3) is 0 Å². The van der Waals surface area contributed by atoms with Gasteiger partial charge in [-0.15, -0.1) is 0 Å². The van der Waals surface area contributed by atoms with E-state index in [0.29, 0.717) is 19.8 Å². The lowest BCUT2D eigenvalue weighted by atomic mass is 9.83. The van der Waals surface area contributed by atoms with E-state index in [1.165, 1.54) is 0 Å². The first kappa shape index (κ1) is 17.2. The molecule has 1 atom stereocenters. The maximum Gasteiger partial charge on any atom is 0.415 e. The van der Waals surface area contributed by atoms with Crippen LogP contribution in [0.2, 0.25) is 0 Å². The molecule has 0 aromatic rings. The molecule has 1 unspecified atom stereocenters. The number of nitrogens with one attached hydrogen (secondary N) is 1. The number of alkyl halides is 3. The van der Waals surface area contributed by atoms with Gasteiger partial charge in [0.2, 0.25) is 5.91 Å². The third-order valence-corrected chi connectivity index (χ3v) is 3.52. The quantitative estimate of drug-likeness (QED) is 0.678. The van der Waals surface area contributed by atoms with Crippen LogP contribution in [0.15, 0.2) is 0 Å². The first-order chi connectivity index (χ1) is 8.06. The Kier molecular flexibility index (Phi) is 5.61. The molecule has 0 aromatic heterocycles. The predicted molar refractivity (Wildman–Crippen MR) is 61.8 cm³/mol. The number of aliphatic hydroxyl groups is 1. The van der Waals surface area contributed by atoms with E-state index in [1.54, 1.807) is 13.8 Å². The minimum absolute atomic E-state index is 0.0296. The Balaban J connectivity index is 4.70. The molecule has 18 heavy (non-hydrogen) atoms. The number of aliphatic hydroxyl groups excluding tert-OH is 1. The van der Waals surface area contributed by atoms with Crippen molar-refractivity contribution in [1.29, 1.82) is 0 Å². The van der Waals surface area contributed by atoms with Gasteiger partial charge in [0, 0.05) is 12.0 Å². The van der Waals surface area contributed by atoms with E-state index < -0.39 is 23.0 Å². The van der Waals surface area contributed by atoms with E-state index in [0.717, 1.165) is 0 Å². The fourth-order valence-corrected chi connectivity index (χ4v) is 1.36. The fraction of sp³-hybridized carbons (Fsp3) is 0.909. The summed E-state index contributed by atoms with van der Waals surface area (Å²) in [5.41, 5.74) is 1.47. The van der Waals surface area contributed by atoms with E-state index in [4.69, 9.17) is 5.73 Å². The van der Waals surface area contributed by atoms with E-state index in [-0.39, 0.29) is 13.2 Å². The predicted octanol–water partition coefficient (Wildman–Crippen LogP) is 1.18. The average molecular weight is 270 g/mol. The van der Waals surface area contributed by atoms with Crippen LogP contribution < -0.4 is 11.1 Å². The Labute approximate surface area is 105 Å². The van der Waals surface area contributed by atoms with Crippen LogP contribution in [0.1, 0.15) is 33.6 Å². The molecule has 0 aliphatic rings. The number of rotatable bonds is 6. The SMILES string of the molecule is CCC(CC)(CO)CNC(=O)C(C)(N)C(F)(F)F. The summed E-state index contributed by atoms with van der Waals surface area (Å²) in [6.07, 6.45) is -3.71. The fourth-order valence-electron chi connectivity index (χ4n) is 1.36. The van der Waals surface area contributed by atoms with E-state index >= 15 is 0 Å². The smallest absolute Gasteiger partial charge is 0.396 e. The third kappa shape index (κ3) is 3.58. The van der Waals surface area contributed by atoms with Crippen LogP contribution in [-0.4, -0.2) is 35.9 Å². The molecule has 0 aliphatic heterocycles.